The Hall–Kier alpha value is -2.66. The van der Waals surface area contributed by atoms with E-state index in [0.717, 1.165) is 16.3 Å². The van der Waals surface area contributed by atoms with Gasteiger partial charge in [0.05, 0.1) is 13.2 Å². The maximum atomic E-state index is 12.8. The molecule has 0 saturated carbocycles. The minimum Gasteiger partial charge on any atom is -0.467 e. The number of nitrogens with zero attached hydrogens (tertiary/aromatic N) is 1. The molecule has 0 spiro atoms. The molecule has 0 aromatic heterocycles. The van der Waals surface area contributed by atoms with Crippen LogP contribution in [-0.2, 0) is 20.7 Å². The molecule has 5 nitrogen and oxygen atoms in total. The first-order valence-electron chi connectivity index (χ1n) is 8.84. The van der Waals surface area contributed by atoms with Gasteiger partial charge in [0.25, 0.3) is 0 Å². The van der Waals surface area contributed by atoms with Crippen molar-refractivity contribution in [1.29, 1.82) is 0 Å². The number of piperazine rings is 1. The van der Waals surface area contributed by atoms with Gasteiger partial charge in [-0.3, -0.25) is 4.79 Å². The average Bonchev–Trinajstić information content (AvgIpc) is 2.67. The third kappa shape index (κ3) is 3.78. The molecule has 136 valence electrons. The number of benzene rings is 2. The van der Waals surface area contributed by atoms with Crippen LogP contribution in [0.4, 0.5) is 0 Å². The number of carbonyl (C=O) groups is 2. The van der Waals surface area contributed by atoms with E-state index in [1.807, 2.05) is 30.3 Å². The van der Waals surface area contributed by atoms with Crippen LogP contribution in [0, 0.1) is 0 Å². The van der Waals surface area contributed by atoms with Crippen molar-refractivity contribution < 1.29 is 14.3 Å². The molecule has 2 atom stereocenters. The van der Waals surface area contributed by atoms with Gasteiger partial charge in [-0.2, -0.15) is 0 Å². The van der Waals surface area contributed by atoms with E-state index in [1.165, 1.54) is 7.11 Å². The number of methoxy groups -OCH3 is 1. The van der Waals surface area contributed by atoms with Crippen LogP contribution in [0.2, 0.25) is 0 Å². The van der Waals surface area contributed by atoms with Crippen molar-refractivity contribution in [2.75, 3.05) is 20.2 Å². The van der Waals surface area contributed by atoms with E-state index in [9.17, 15) is 9.59 Å². The highest BCUT2D eigenvalue weighted by atomic mass is 16.5. The predicted octanol–water partition coefficient (Wildman–Crippen LogP) is 2.30. The summed E-state index contributed by atoms with van der Waals surface area (Å²) in [5.41, 5.74) is 1.01. The zero-order chi connectivity index (χ0) is 18.5. The van der Waals surface area contributed by atoms with Crippen molar-refractivity contribution in [1.82, 2.24) is 10.2 Å². The molecule has 0 aliphatic carbocycles. The van der Waals surface area contributed by atoms with E-state index >= 15 is 0 Å². The first kappa shape index (κ1) is 18.1. The van der Waals surface area contributed by atoms with Crippen molar-refractivity contribution in [3.63, 3.8) is 0 Å². The summed E-state index contributed by atoms with van der Waals surface area (Å²) in [6, 6.07) is 13.2. The first-order valence-corrected chi connectivity index (χ1v) is 8.84. The molecule has 1 amide bonds. The highest BCUT2D eigenvalue weighted by molar-refractivity contribution is 5.89. The Balaban J connectivity index is 1.86. The lowest BCUT2D eigenvalue weighted by molar-refractivity contribution is -0.154. The number of nitrogens with one attached hydrogen (secondary N) is 1. The quantitative estimate of drug-likeness (QED) is 0.640. The number of amides is 1. The van der Waals surface area contributed by atoms with Gasteiger partial charge in [-0.1, -0.05) is 48.5 Å². The molecule has 2 aromatic rings. The summed E-state index contributed by atoms with van der Waals surface area (Å²) in [5, 5.41) is 5.45. The summed E-state index contributed by atoms with van der Waals surface area (Å²) < 4.78 is 5.00. The molecular weight excluding hydrogens is 328 g/mol. The lowest BCUT2D eigenvalue weighted by atomic mass is 9.99. The number of ether oxygens (including phenoxy) is 1. The third-order valence-electron chi connectivity index (χ3n) is 4.82. The van der Waals surface area contributed by atoms with E-state index < -0.39 is 6.04 Å². The Morgan fingerprint density at radius 2 is 2.12 bits per heavy atom. The summed E-state index contributed by atoms with van der Waals surface area (Å²) in [7, 11) is 1.36. The third-order valence-corrected chi connectivity index (χ3v) is 4.82. The number of carbonyl (C=O) groups excluding carboxylic acids is 2. The molecule has 26 heavy (non-hydrogen) atoms. The van der Waals surface area contributed by atoms with Crippen LogP contribution in [0.3, 0.4) is 0 Å². The molecule has 0 radical (unpaired) electrons. The van der Waals surface area contributed by atoms with E-state index in [2.05, 4.69) is 24.0 Å². The largest absolute Gasteiger partial charge is 0.467 e. The molecule has 1 aliphatic rings. The fraction of sp³-hybridized carbons (Fsp3) is 0.333. The summed E-state index contributed by atoms with van der Waals surface area (Å²) in [6.07, 6.45) is 2.69. The maximum Gasteiger partial charge on any atom is 0.328 e. The van der Waals surface area contributed by atoms with E-state index in [-0.39, 0.29) is 17.9 Å². The van der Waals surface area contributed by atoms with Crippen molar-refractivity contribution in [2.24, 2.45) is 0 Å². The zero-order valence-electron chi connectivity index (χ0n) is 15.0. The van der Waals surface area contributed by atoms with Crippen LogP contribution in [-0.4, -0.2) is 49.1 Å². The molecular formula is C21H24N2O3. The first-order chi connectivity index (χ1) is 12.6. The van der Waals surface area contributed by atoms with E-state index in [4.69, 9.17) is 4.74 Å². The fourth-order valence-corrected chi connectivity index (χ4v) is 3.46. The maximum absolute atomic E-state index is 12.8. The molecule has 1 N–H and O–H groups in total. The van der Waals surface area contributed by atoms with Crippen LogP contribution >= 0.6 is 0 Å². The molecule has 3 rings (SSSR count). The monoisotopic (exact) mass is 352 g/mol. The van der Waals surface area contributed by atoms with Crippen LogP contribution in [0.25, 0.3) is 10.8 Å². The Morgan fingerprint density at radius 1 is 1.35 bits per heavy atom. The van der Waals surface area contributed by atoms with Gasteiger partial charge in [0.15, 0.2) is 0 Å². The lowest BCUT2D eigenvalue weighted by Crippen LogP contribution is -2.60. The van der Waals surface area contributed by atoms with Crippen LogP contribution in [0.5, 0.6) is 0 Å². The Morgan fingerprint density at radius 3 is 2.85 bits per heavy atom. The van der Waals surface area contributed by atoms with Crippen LogP contribution in [0.1, 0.15) is 12.0 Å². The molecule has 1 fully saturated rings. The van der Waals surface area contributed by atoms with Gasteiger partial charge in [0.2, 0.25) is 5.91 Å². The summed E-state index contributed by atoms with van der Waals surface area (Å²) >= 11 is 0. The lowest BCUT2D eigenvalue weighted by Gasteiger charge is -2.37. The molecule has 1 aliphatic heterocycles. The Bertz CT molecular complexity index is 818. The second kappa shape index (κ2) is 8.15. The second-order valence-electron chi connectivity index (χ2n) is 6.49. The standard InChI is InChI=1S/C21H24N2O3/c1-3-6-18-20(24)23(12-11-22-18)19(21(25)26-2)14-15-9-10-16-7-4-5-8-17(16)13-15/h3-5,7-10,13,18-19,22H,1,6,11-12,14H2,2H3/t18-,19-/m0/s1. The zero-order valence-corrected chi connectivity index (χ0v) is 15.0. The SMILES string of the molecule is C=CC[C@@H]1NCCN([C@@H](Cc2ccc3ccccc3c2)C(=O)OC)C1=O. The predicted molar refractivity (Wildman–Crippen MR) is 102 cm³/mol. The highest BCUT2D eigenvalue weighted by Crippen LogP contribution is 2.20. The molecule has 5 heteroatoms. The summed E-state index contributed by atoms with van der Waals surface area (Å²) in [6.45, 7) is 4.84. The van der Waals surface area contributed by atoms with Crippen molar-refractivity contribution in [3.8, 4) is 0 Å². The van der Waals surface area contributed by atoms with Crippen molar-refractivity contribution >= 4 is 22.6 Å². The highest BCUT2D eigenvalue weighted by Gasteiger charge is 2.36. The van der Waals surface area contributed by atoms with E-state index in [1.54, 1.807) is 11.0 Å². The summed E-state index contributed by atoms with van der Waals surface area (Å²) in [5.74, 6) is -0.460. The van der Waals surface area contributed by atoms with Gasteiger partial charge in [-0.15, -0.1) is 6.58 Å². The van der Waals surface area contributed by atoms with Crippen molar-refractivity contribution in [2.45, 2.75) is 24.9 Å². The molecule has 0 bridgehead atoms. The topological polar surface area (TPSA) is 58.6 Å². The average molecular weight is 352 g/mol. The molecule has 0 unspecified atom stereocenters. The van der Waals surface area contributed by atoms with Gasteiger partial charge in [-0.25, -0.2) is 4.79 Å². The van der Waals surface area contributed by atoms with Gasteiger partial charge >= 0.3 is 5.97 Å². The Kier molecular flexibility index (Phi) is 5.68. The van der Waals surface area contributed by atoms with Gasteiger partial charge < -0.3 is 15.0 Å². The number of esters is 1. The van der Waals surface area contributed by atoms with Gasteiger partial charge in [0.1, 0.15) is 6.04 Å². The Labute approximate surface area is 153 Å². The van der Waals surface area contributed by atoms with Crippen molar-refractivity contribution in [3.05, 3.63) is 60.7 Å². The number of hydrogen-bond donors (Lipinski definition) is 1. The number of fused-ring (bicyclic) bond motifs is 1. The number of hydrogen-bond acceptors (Lipinski definition) is 4. The minimum atomic E-state index is -0.622. The minimum absolute atomic E-state index is 0.0765. The summed E-state index contributed by atoms with van der Waals surface area (Å²) in [4.78, 5) is 26.9. The molecule has 1 saturated heterocycles. The van der Waals surface area contributed by atoms with E-state index in [0.29, 0.717) is 25.9 Å². The second-order valence-corrected chi connectivity index (χ2v) is 6.49. The normalized spacial score (nSPS) is 18.6. The fourth-order valence-electron chi connectivity index (χ4n) is 3.46. The van der Waals surface area contributed by atoms with Gasteiger partial charge in [0, 0.05) is 19.5 Å². The van der Waals surface area contributed by atoms with Gasteiger partial charge in [-0.05, 0) is 22.8 Å². The van der Waals surface area contributed by atoms with Crippen LogP contribution < -0.4 is 5.32 Å². The molecule has 1 heterocycles. The smallest absolute Gasteiger partial charge is 0.328 e. The van der Waals surface area contributed by atoms with Crippen LogP contribution in [0.15, 0.2) is 55.1 Å². The molecule has 2 aromatic carbocycles. The number of rotatable bonds is 6.